The van der Waals surface area contributed by atoms with Crippen molar-refractivity contribution in [1.29, 1.82) is 0 Å². The molecule has 2 rings (SSSR count). The van der Waals surface area contributed by atoms with Gasteiger partial charge in [-0.15, -0.1) is 0 Å². The molecule has 0 aliphatic carbocycles. The molecule has 17 heavy (non-hydrogen) atoms. The van der Waals surface area contributed by atoms with Gasteiger partial charge in [0.1, 0.15) is 11.6 Å². The van der Waals surface area contributed by atoms with Gasteiger partial charge >= 0.3 is 0 Å². The van der Waals surface area contributed by atoms with E-state index in [1.165, 1.54) is 12.1 Å². The van der Waals surface area contributed by atoms with E-state index in [1.54, 1.807) is 0 Å². The Morgan fingerprint density at radius 3 is 2.94 bits per heavy atom. The highest BCUT2D eigenvalue weighted by Gasteiger charge is 2.30. The van der Waals surface area contributed by atoms with E-state index >= 15 is 0 Å². The third-order valence-electron chi connectivity index (χ3n) is 2.98. The van der Waals surface area contributed by atoms with E-state index in [2.05, 4.69) is 10.6 Å². The second-order valence-electron chi connectivity index (χ2n) is 4.61. The average Bonchev–Trinajstić information content (AvgIpc) is 2.64. The van der Waals surface area contributed by atoms with Gasteiger partial charge in [-0.25, -0.2) is 4.39 Å². The van der Waals surface area contributed by atoms with Crippen LogP contribution in [0.3, 0.4) is 0 Å². The molecular formula is C12H15FN2O2. The predicted octanol–water partition coefficient (Wildman–Crippen LogP) is 1.01. The summed E-state index contributed by atoms with van der Waals surface area (Å²) in [5, 5.41) is 15.0. The van der Waals surface area contributed by atoms with Crippen LogP contribution in [0.25, 0.3) is 0 Å². The molecule has 1 amide bonds. The molecule has 4 nitrogen and oxygen atoms in total. The molecule has 3 N–H and O–H groups in total. The number of hydrogen-bond acceptors (Lipinski definition) is 3. The molecule has 1 heterocycles. The van der Waals surface area contributed by atoms with Gasteiger partial charge in [-0.05, 0) is 32.0 Å². The Labute approximate surface area is 98.8 Å². The van der Waals surface area contributed by atoms with Crippen LogP contribution in [0.2, 0.25) is 0 Å². The number of phenols is 1. The highest BCUT2D eigenvalue weighted by atomic mass is 19.1. The second-order valence-corrected chi connectivity index (χ2v) is 4.61. The maximum atomic E-state index is 13.5. The lowest BCUT2D eigenvalue weighted by Gasteiger charge is -2.24. The number of rotatable bonds is 2. The second kappa shape index (κ2) is 4.33. The van der Waals surface area contributed by atoms with E-state index in [-0.39, 0.29) is 16.9 Å². The van der Waals surface area contributed by atoms with Crippen LogP contribution in [0, 0.1) is 5.82 Å². The highest BCUT2D eigenvalue weighted by Crippen LogP contribution is 2.18. The molecule has 1 saturated heterocycles. The van der Waals surface area contributed by atoms with Crippen LogP contribution in [0.5, 0.6) is 5.75 Å². The molecule has 1 atom stereocenters. The van der Waals surface area contributed by atoms with E-state index < -0.39 is 11.7 Å². The number of nitrogens with one attached hydrogen (secondary N) is 2. The molecule has 0 spiro atoms. The van der Waals surface area contributed by atoms with Crippen molar-refractivity contribution in [2.45, 2.75) is 18.9 Å². The van der Waals surface area contributed by atoms with Crippen molar-refractivity contribution in [1.82, 2.24) is 10.6 Å². The first-order valence-electron chi connectivity index (χ1n) is 5.52. The number of phenolic OH excluding ortho intramolecular Hbond substituents is 1. The molecular weight excluding hydrogens is 223 g/mol. The van der Waals surface area contributed by atoms with E-state index in [1.807, 2.05) is 6.92 Å². The Morgan fingerprint density at radius 1 is 1.59 bits per heavy atom. The molecule has 1 aliphatic rings. The van der Waals surface area contributed by atoms with Gasteiger partial charge in [-0.2, -0.15) is 0 Å². The van der Waals surface area contributed by atoms with Crippen molar-refractivity contribution in [3.8, 4) is 5.75 Å². The van der Waals surface area contributed by atoms with Gasteiger partial charge in [-0.1, -0.05) is 0 Å². The molecule has 1 aromatic carbocycles. The number of amides is 1. The summed E-state index contributed by atoms with van der Waals surface area (Å²) in [5.74, 6) is -1.35. The van der Waals surface area contributed by atoms with E-state index in [9.17, 15) is 9.18 Å². The molecule has 92 valence electrons. The zero-order chi connectivity index (χ0) is 12.5. The highest BCUT2D eigenvalue weighted by molar-refractivity contribution is 5.95. The third kappa shape index (κ3) is 2.55. The lowest BCUT2D eigenvalue weighted by molar-refractivity contribution is 0.0909. The standard InChI is InChI=1S/C12H15FN2O2/c1-12(4-5-14-7-12)15-11(17)9-3-2-8(16)6-10(9)13/h2-3,6,14,16H,4-5,7H2,1H3,(H,15,17). The SMILES string of the molecule is CC1(NC(=O)c2ccc(O)cc2F)CCNC1. The van der Waals surface area contributed by atoms with Crippen LogP contribution >= 0.6 is 0 Å². The zero-order valence-electron chi connectivity index (χ0n) is 9.59. The first kappa shape index (κ1) is 11.9. The summed E-state index contributed by atoms with van der Waals surface area (Å²) in [5.41, 5.74) is -0.377. The summed E-state index contributed by atoms with van der Waals surface area (Å²) in [6, 6.07) is 3.52. The van der Waals surface area contributed by atoms with Crippen molar-refractivity contribution in [3.63, 3.8) is 0 Å². The van der Waals surface area contributed by atoms with Gasteiger partial charge in [0.25, 0.3) is 5.91 Å². The predicted molar refractivity (Wildman–Crippen MR) is 61.4 cm³/mol. The molecule has 0 saturated carbocycles. The monoisotopic (exact) mass is 238 g/mol. The van der Waals surface area contributed by atoms with Gasteiger partial charge in [0.05, 0.1) is 11.1 Å². The van der Waals surface area contributed by atoms with E-state index in [4.69, 9.17) is 5.11 Å². The van der Waals surface area contributed by atoms with Crippen LogP contribution in [0.15, 0.2) is 18.2 Å². The Bertz CT molecular complexity index is 442. The van der Waals surface area contributed by atoms with Gasteiger partial charge in [0, 0.05) is 12.6 Å². The first-order chi connectivity index (χ1) is 8.00. The third-order valence-corrected chi connectivity index (χ3v) is 2.98. The van der Waals surface area contributed by atoms with Crippen molar-refractivity contribution < 1.29 is 14.3 Å². The summed E-state index contributed by atoms with van der Waals surface area (Å²) >= 11 is 0. The molecule has 1 aromatic rings. The fourth-order valence-electron chi connectivity index (χ4n) is 1.95. The van der Waals surface area contributed by atoms with Crippen LogP contribution in [0.1, 0.15) is 23.7 Å². The molecule has 1 unspecified atom stereocenters. The van der Waals surface area contributed by atoms with Gasteiger partial charge in [-0.3, -0.25) is 4.79 Å². The van der Waals surface area contributed by atoms with E-state index in [0.717, 1.165) is 19.0 Å². The molecule has 0 bridgehead atoms. The number of aromatic hydroxyl groups is 1. The topological polar surface area (TPSA) is 61.4 Å². The lowest BCUT2D eigenvalue weighted by Crippen LogP contribution is -2.47. The number of hydrogen-bond donors (Lipinski definition) is 3. The van der Waals surface area contributed by atoms with Crippen LogP contribution in [0.4, 0.5) is 4.39 Å². The average molecular weight is 238 g/mol. The van der Waals surface area contributed by atoms with Crippen molar-refractivity contribution in [3.05, 3.63) is 29.6 Å². The largest absolute Gasteiger partial charge is 0.508 e. The van der Waals surface area contributed by atoms with Crippen molar-refractivity contribution in [2.24, 2.45) is 0 Å². The first-order valence-corrected chi connectivity index (χ1v) is 5.52. The molecule has 5 heteroatoms. The molecule has 0 radical (unpaired) electrons. The summed E-state index contributed by atoms with van der Waals surface area (Å²) in [7, 11) is 0. The number of halogens is 1. The summed E-state index contributed by atoms with van der Waals surface area (Å²) < 4.78 is 13.5. The van der Waals surface area contributed by atoms with Crippen molar-refractivity contribution in [2.75, 3.05) is 13.1 Å². The number of carbonyl (C=O) groups excluding carboxylic acids is 1. The Kier molecular flexibility index (Phi) is 3.02. The summed E-state index contributed by atoms with van der Waals surface area (Å²) in [6.45, 7) is 3.44. The van der Waals surface area contributed by atoms with Crippen LogP contribution in [-0.4, -0.2) is 29.6 Å². The van der Waals surface area contributed by atoms with Gasteiger partial charge in [0.15, 0.2) is 0 Å². The summed E-state index contributed by atoms with van der Waals surface area (Å²) in [6.07, 6.45) is 0.818. The Hall–Kier alpha value is -1.62. The lowest BCUT2D eigenvalue weighted by atomic mass is 10.0. The van der Waals surface area contributed by atoms with Gasteiger partial charge in [0.2, 0.25) is 0 Å². The minimum atomic E-state index is -0.711. The molecule has 0 aromatic heterocycles. The quantitative estimate of drug-likeness (QED) is 0.720. The maximum Gasteiger partial charge on any atom is 0.254 e. The fraction of sp³-hybridized carbons (Fsp3) is 0.417. The Balaban J connectivity index is 2.14. The minimum Gasteiger partial charge on any atom is -0.508 e. The molecule has 1 fully saturated rings. The summed E-state index contributed by atoms with van der Waals surface area (Å²) in [4.78, 5) is 11.9. The van der Waals surface area contributed by atoms with Crippen LogP contribution < -0.4 is 10.6 Å². The zero-order valence-corrected chi connectivity index (χ0v) is 9.59. The van der Waals surface area contributed by atoms with E-state index in [0.29, 0.717) is 6.54 Å². The number of carbonyl (C=O) groups is 1. The van der Waals surface area contributed by atoms with Gasteiger partial charge < -0.3 is 15.7 Å². The smallest absolute Gasteiger partial charge is 0.254 e. The molecule has 1 aliphatic heterocycles. The minimum absolute atomic E-state index is 0.0454. The number of benzene rings is 1. The maximum absolute atomic E-state index is 13.5. The fourth-order valence-corrected chi connectivity index (χ4v) is 1.95. The Morgan fingerprint density at radius 2 is 2.35 bits per heavy atom. The normalized spacial score (nSPS) is 23.6. The van der Waals surface area contributed by atoms with Crippen molar-refractivity contribution >= 4 is 5.91 Å². The van der Waals surface area contributed by atoms with Crippen LogP contribution in [-0.2, 0) is 0 Å².